The van der Waals surface area contributed by atoms with Crippen LogP contribution in [-0.4, -0.2) is 22.2 Å². The maximum Gasteiger partial charge on any atom is 0.342 e. The first-order valence-corrected chi connectivity index (χ1v) is 6.34. The molecule has 1 aromatic carbocycles. The molecule has 0 aliphatic carbocycles. The fourth-order valence-electron chi connectivity index (χ4n) is 2.07. The highest BCUT2D eigenvalue weighted by atomic mass is 16.2. The van der Waals surface area contributed by atoms with Crippen molar-refractivity contribution in [3.05, 3.63) is 59.4 Å². The van der Waals surface area contributed by atoms with Crippen LogP contribution in [0.15, 0.2) is 47.8 Å². The third-order valence-electron chi connectivity index (χ3n) is 3.09. The number of nitrogens with zero attached hydrogens (tertiary/aromatic N) is 3. The Kier molecular flexibility index (Phi) is 3.16. The van der Waals surface area contributed by atoms with Gasteiger partial charge in [0, 0.05) is 23.6 Å². The molecule has 1 N–H and O–H groups in total. The van der Waals surface area contributed by atoms with Crippen molar-refractivity contribution in [3.63, 3.8) is 0 Å². The number of anilines is 1. The third-order valence-corrected chi connectivity index (χ3v) is 3.09. The molecule has 1 aromatic heterocycles. The van der Waals surface area contributed by atoms with Crippen molar-refractivity contribution in [3.8, 4) is 0 Å². The van der Waals surface area contributed by atoms with E-state index in [0.29, 0.717) is 6.54 Å². The number of hydrogen-bond donors (Lipinski definition) is 1. The molecule has 1 aliphatic rings. The molecule has 0 saturated heterocycles. The van der Waals surface area contributed by atoms with Gasteiger partial charge in [-0.1, -0.05) is 23.8 Å². The van der Waals surface area contributed by atoms with E-state index in [-0.39, 0.29) is 6.03 Å². The second-order valence-corrected chi connectivity index (χ2v) is 4.68. The maximum atomic E-state index is 11.9. The Morgan fingerprint density at radius 3 is 3.10 bits per heavy atom. The smallest absolute Gasteiger partial charge is 0.306 e. The van der Waals surface area contributed by atoms with Crippen molar-refractivity contribution >= 4 is 17.9 Å². The lowest BCUT2D eigenvalue weighted by molar-refractivity contribution is 0.209. The second kappa shape index (κ2) is 5.13. The lowest BCUT2D eigenvalue weighted by Crippen LogP contribution is -2.35. The summed E-state index contributed by atoms with van der Waals surface area (Å²) in [6, 6.07) is 9.45. The number of rotatable bonds is 2. The molecule has 5 nitrogen and oxygen atoms in total. The summed E-state index contributed by atoms with van der Waals surface area (Å²) in [6.45, 7) is 2.50. The number of benzene rings is 1. The van der Waals surface area contributed by atoms with E-state index in [1.165, 1.54) is 5.01 Å². The van der Waals surface area contributed by atoms with Crippen LogP contribution < -0.4 is 5.32 Å². The first-order chi connectivity index (χ1) is 9.72. The predicted octanol–water partition coefficient (Wildman–Crippen LogP) is 2.77. The van der Waals surface area contributed by atoms with Crippen LogP contribution in [0.25, 0.3) is 0 Å². The molecule has 3 rings (SSSR count). The number of pyridine rings is 1. The highest BCUT2D eigenvalue weighted by Crippen LogP contribution is 2.24. The van der Waals surface area contributed by atoms with Gasteiger partial charge in [0.25, 0.3) is 0 Å². The van der Waals surface area contributed by atoms with Crippen LogP contribution in [0.4, 0.5) is 10.5 Å². The SMILES string of the molecule is Cc1ccc2c(c1)CN(/N=C\c1cccnc1)C(=O)N2. The highest BCUT2D eigenvalue weighted by molar-refractivity contribution is 5.93. The predicted molar refractivity (Wildman–Crippen MR) is 77.6 cm³/mol. The average Bonchev–Trinajstić information content (AvgIpc) is 2.46. The molecule has 2 heterocycles. The number of nitrogens with one attached hydrogen (secondary N) is 1. The van der Waals surface area contributed by atoms with Crippen molar-refractivity contribution in [2.75, 3.05) is 5.32 Å². The van der Waals surface area contributed by atoms with Gasteiger partial charge in [-0.2, -0.15) is 5.10 Å². The van der Waals surface area contributed by atoms with Crippen molar-refractivity contribution < 1.29 is 4.79 Å². The molecule has 0 fully saturated rings. The maximum absolute atomic E-state index is 11.9. The molecule has 100 valence electrons. The summed E-state index contributed by atoms with van der Waals surface area (Å²) in [5.74, 6) is 0. The summed E-state index contributed by atoms with van der Waals surface area (Å²) in [7, 11) is 0. The summed E-state index contributed by atoms with van der Waals surface area (Å²) in [4.78, 5) is 16.0. The van der Waals surface area contributed by atoms with Crippen LogP contribution in [0.2, 0.25) is 0 Å². The number of hydrogen-bond acceptors (Lipinski definition) is 3. The molecule has 0 spiro atoms. The van der Waals surface area contributed by atoms with Crippen LogP contribution in [0.5, 0.6) is 0 Å². The van der Waals surface area contributed by atoms with Gasteiger partial charge in [0.15, 0.2) is 0 Å². The van der Waals surface area contributed by atoms with Gasteiger partial charge in [-0.15, -0.1) is 0 Å². The second-order valence-electron chi connectivity index (χ2n) is 4.68. The highest BCUT2D eigenvalue weighted by Gasteiger charge is 2.21. The minimum absolute atomic E-state index is 0.221. The van der Waals surface area contributed by atoms with E-state index < -0.39 is 0 Å². The zero-order valence-electron chi connectivity index (χ0n) is 11.1. The number of amides is 2. The molecule has 20 heavy (non-hydrogen) atoms. The molecule has 2 aromatic rings. The number of urea groups is 1. The largest absolute Gasteiger partial charge is 0.342 e. The van der Waals surface area contributed by atoms with Crippen LogP contribution in [-0.2, 0) is 6.54 Å². The van der Waals surface area contributed by atoms with E-state index in [4.69, 9.17) is 0 Å². The number of fused-ring (bicyclic) bond motifs is 1. The summed E-state index contributed by atoms with van der Waals surface area (Å²) < 4.78 is 0. The van der Waals surface area contributed by atoms with Gasteiger partial charge < -0.3 is 5.32 Å². The topological polar surface area (TPSA) is 57.6 Å². The van der Waals surface area contributed by atoms with E-state index >= 15 is 0 Å². The first-order valence-electron chi connectivity index (χ1n) is 6.34. The molecule has 2 amide bonds. The molecule has 0 atom stereocenters. The van der Waals surface area contributed by atoms with E-state index in [2.05, 4.69) is 21.5 Å². The monoisotopic (exact) mass is 266 g/mol. The van der Waals surface area contributed by atoms with Crippen LogP contribution in [0.1, 0.15) is 16.7 Å². The molecule has 0 bridgehead atoms. The normalized spacial score (nSPS) is 14.2. The Bertz CT molecular complexity index is 667. The van der Waals surface area contributed by atoms with E-state index in [1.807, 2.05) is 31.2 Å². The molecular weight excluding hydrogens is 252 g/mol. The molecule has 0 saturated carbocycles. The number of aryl methyl sites for hydroxylation is 1. The molecular formula is C15H14N4O. The van der Waals surface area contributed by atoms with Gasteiger partial charge in [0.05, 0.1) is 12.8 Å². The van der Waals surface area contributed by atoms with Gasteiger partial charge in [-0.25, -0.2) is 9.80 Å². The number of carbonyl (C=O) groups is 1. The van der Waals surface area contributed by atoms with Crippen LogP contribution in [0.3, 0.4) is 0 Å². The zero-order chi connectivity index (χ0) is 13.9. The summed E-state index contributed by atoms with van der Waals surface area (Å²) >= 11 is 0. The van der Waals surface area contributed by atoms with Gasteiger partial charge >= 0.3 is 6.03 Å². The van der Waals surface area contributed by atoms with E-state index in [0.717, 1.165) is 22.4 Å². The van der Waals surface area contributed by atoms with Gasteiger partial charge in [-0.3, -0.25) is 4.98 Å². The molecule has 0 unspecified atom stereocenters. The van der Waals surface area contributed by atoms with E-state index in [1.54, 1.807) is 18.6 Å². The number of aromatic nitrogens is 1. The summed E-state index contributed by atoms with van der Waals surface area (Å²) in [5.41, 5.74) is 3.94. The Morgan fingerprint density at radius 2 is 2.30 bits per heavy atom. The van der Waals surface area contributed by atoms with Gasteiger partial charge in [0.2, 0.25) is 0 Å². The Hall–Kier alpha value is -2.69. The molecule has 5 heteroatoms. The molecule has 1 aliphatic heterocycles. The third kappa shape index (κ3) is 2.51. The minimum Gasteiger partial charge on any atom is -0.306 e. The van der Waals surface area contributed by atoms with Crippen LogP contribution >= 0.6 is 0 Å². The van der Waals surface area contributed by atoms with Crippen molar-refractivity contribution in [2.45, 2.75) is 13.5 Å². The number of hydrazone groups is 1. The number of carbonyl (C=O) groups excluding carboxylic acids is 1. The standard InChI is InChI=1S/C15H14N4O/c1-11-4-5-14-13(7-11)10-19(15(20)18-14)17-9-12-3-2-6-16-8-12/h2-9H,10H2,1H3,(H,18,20)/b17-9-. The zero-order valence-corrected chi connectivity index (χ0v) is 11.1. The lowest BCUT2D eigenvalue weighted by Gasteiger charge is -2.25. The fourth-order valence-corrected chi connectivity index (χ4v) is 2.07. The first kappa shape index (κ1) is 12.3. The van der Waals surface area contributed by atoms with E-state index in [9.17, 15) is 4.79 Å². The Morgan fingerprint density at radius 1 is 1.40 bits per heavy atom. The Balaban J connectivity index is 1.82. The van der Waals surface area contributed by atoms with Crippen LogP contribution in [0, 0.1) is 6.92 Å². The summed E-state index contributed by atoms with van der Waals surface area (Å²) in [6.07, 6.45) is 5.03. The molecule has 0 radical (unpaired) electrons. The minimum atomic E-state index is -0.221. The fraction of sp³-hybridized carbons (Fsp3) is 0.133. The average molecular weight is 266 g/mol. The van der Waals surface area contributed by atoms with Crippen molar-refractivity contribution in [1.29, 1.82) is 0 Å². The quantitative estimate of drug-likeness (QED) is 0.850. The van der Waals surface area contributed by atoms with Crippen molar-refractivity contribution in [2.24, 2.45) is 5.10 Å². The van der Waals surface area contributed by atoms with Gasteiger partial charge in [0.1, 0.15) is 0 Å². The Labute approximate surface area is 116 Å². The summed E-state index contributed by atoms with van der Waals surface area (Å²) in [5, 5.41) is 8.46. The van der Waals surface area contributed by atoms with Gasteiger partial charge in [-0.05, 0) is 24.6 Å². The van der Waals surface area contributed by atoms with Crippen molar-refractivity contribution in [1.82, 2.24) is 9.99 Å². The lowest BCUT2D eigenvalue weighted by atomic mass is 10.1.